The molecule has 8 atom stereocenters. The molecule has 30 heteroatoms. The fourth-order valence-corrected chi connectivity index (χ4v) is 9.75. The maximum absolute atomic E-state index is 15.1. The number of nitrogens with one attached hydrogen (secondary N) is 8. The fraction of sp³-hybridized carbons (Fsp3) is 0.417. The molecular weight excluding hydrogens is 1160 g/mol. The standard InChI is InChI=1S/C60H85N21O9/c61-48(82)26-25-44-53(87)79-45(32-35-13-3-1-4-14-35)55(89)80-46(33-36-15-5-2-6-16-36)56(90)81-47(34-37-23-24-38-17-7-8-18-39(38)31-37)54(88)77-43(22-12-30-73-60(68)69)51(85)75-41(20-10-28-71-58(64)65)49(83)74-40(19-9-27-70-57(62)63)50(84)76-42(52(86)78-44)21-11-29-72-59(66)67/h1-8,13-18,23-24,31,40-47H,9-12,19-22,25-30,32-34H2,(H2,61,82)(H,74,83)(H,75,85)(H,76,84)(H,77,88)(H,78,86)(H,79,87)(H,80,89)(H,81,90)(H4,62,63,70)(H4,64,65,71)(H4,66,67,72)(H4,68,69,73)/t40-,41+,42+,43-,44-,45-,46+,47-/m0/s1. The number of aliphatic imine (C=N–C) groups is 4. The van der Waals surface area contributed by atoms with Crippen LogP contribution in [0.3, 0.4) is 0 Å². The summed E-state index contributed by atoms with van der Waals surface area (Å²) in [5, 5.41) is 23.6. The zero-order valence-electron chi connectivity index (χ0n) is 50.1. The third kappa shape index (κ3) is 25.0. The maximum atomic E-state index is 15.1. The smallest absolute Gasteiger partial charge is 0.243 e. The second-order valence-electron chi connectivity index (χ2n) is 21.6. The monoisotopic (exact) mass is 1240 g/mol. The molecule has 0 radical (unpaired) electrons. The van der Waals surface area contributed by atoms with Crippen LogP contribution in [-0.2, 0) is 62.4 Å². The normalized spacial score (nSPS) is 20.8. The van der Waals surface area contributed by atoms with Crippen molar-refractivity contribution in [3.8, 4) is 0 Å². The molecule has 9 amide bonds. The van der Waals surface area contributed by atoms with Crippen molar-refractivity contribution in [2.75, 3.05) is 26.2 Å². The first-order valence-corrected chi connectivity index (χ1v) is 29.5. The van der Waals surface area contributed by atoms with Gasteiger partial charge in [0.2, 0.25) is 53.2 Å². The Labute approximate surface area is 521 Å². The lowest BCUT2D eigenvalue weighted by molar-refractivity contribution is -0.137. The van der Waals surface area contributed by atoms with E-state index in [0.29, 0.717) is 16.7 Å². The molecule has 26 N–H and O–H groups in total. The maximum Gasteiger partial charge on any atom is 0.243 e. The lowest BCUT2D eigenvalue weighted by Crippen LogP contribution is -2.62. The number of primary amides is 1. The minimum atomic E-state index is -1.59. The summed E-state index contributed by atoms with van der Waals surface area (Å²) in [6.45, 7) is -0.0336. The molecule has 0 unspecified atom stereocenters. The molecule has 90 heavy (non-hydrogen) atoms. The van der Waals surface area contributed by atoms with Gasteiger partial charge in [0, 0.05) is 51.9 Å². The average Bonchev–Trinajstić information content (AvgIpc) is 1.72. The van der Waals surface area contributed by atoms with Gasteiger partial charge in [-0.25, -0.2) is 0 Å². The van der Waals surface area contributed by atoms with Gasteiger partial charge in [-0.15, -0.1) is 0 Å². The van der Waals surface area contributed by atoms with Crippen LogP contribution in [0.2, 0.25) is 0 Å². The van der Waals surface area contributed by atoms with E-state index in [1.165, 1.54) is 0 Å². The lowest BCUT2D eigenvalue weighted by Gasteiger charge is -2.29. The van der Waals surface area contributed by atoms with Gasteiger partial charge in [-0.05, 0) is 85.3 Å². The SMILES string of the molecule is NC(=O)CC[C@@H]1NC(=O)[C@@H](CCCN=C(N)N)NC(=O)[C@H](CCCN=C(N)N)NC(=O)[C@@H](CCCN=C(N)N)NC(=O)[C@H](CCCN=C(N)N)NC(=O)[C@H](Cc2ccc3ccccc3c2)NC(=O)[C@@H](Cc2ccccc2)NC(=O)[C@H](Cc2ccccc2)NC1=O. The van der Waals surface area contributed by atoms with Gasteiger partial charge in [-0.2, -0.15) is 0 Å². The summed E-state index contributed by atoms with van der Waals surface area (Å²) in [5.41, 5.74) is 52.3. The van der Waals surface area contributed by atoms with Gasteiger partial charge in [-0.3, -0.25) is 63.1 Å². The summed E-state index contributed by atoms with van der Waals surface area (Å²) in [7, 11) is 0. The second-order valence-corrected chi connectivity index (χ2v) is 21.6. The van der Waals surface area contributed by atoms with Crippen LogP contribution < -0.4 is 94.1 Å². The molecule has 0 bridgehead atoms. The summed E-state index contributed by atoms with van der Waals surface area (Å²) in [6.07, 6.45) is -1.51. The van der Waals surface area contributed by atoms with E-state index in [1.54, 1.807) is 66.7 Å². The molecule has 1 saturated heterocycles. The molecule has 5 rings (SSSR count). The van der Waals surface area contributed by atoms with Gasteiger partial charge in [0.05, 0.1) is 0 Å². The number of hydrogen-bond acceptors (Lipinski definition) is 13. The third-order valence-corrected chi connectivity index (χ3v) is 14.3. The van der Waals surface area contributed by atoms with E-state index >= 15 is 14.4 Å². The number of benzene rings is 4. The molecular formula is C60H85N21O9. The number of rotatable bonds is 25. The Kier molecular flexibility index (Phi) is 28.5. The van der Waals surface area contributed by atoms with Crippen molar-refractivity contribution in [3.63, 3.8) is 0 Å². The van der Waals surface area contributed by atoms with Crippen LogP contribution in [0, 0.1) is 0 Å². The first-order valence-electron chi connectivity index (χ1n) is 29.5. The van der Waals surface area contributed by atoms with Gasteiger partial charge in [0.1, 0.15) is 48.3 Å². The zero-order valence-corrected chi connectivity index (χ0v) is 50.1. The number of fused-ring (bicyclic) bond motifs is 1. The topological polar surface area (TPSA) is 533 Å². The van der Waals surface area contributed by atoms with Gasteiger partial charge < -0.3 is 94.1 Å². The average molecular weight is 1240 g/mol. The van der Waals surface area contributed by atoms with Gasteiger partial charge in [0.15, 0.2) is 23.8 Å². The van der Waals surface area contributed by atoms with Crippen LogP contribution in [0.1, 0.15) is 80.9 Å². The highest BCUT2D eigenvalue weighted by molar-refractivity contribution is 5.99. The number of carbonyl (C=O) groups is 9. The molecule has 484 valence electrons. The molecule has 1 aliphatic heterocycles. The molecule has 0 aromatic heterocycles. The summed E-state index contributed by atoms with van der Waals surface area (Å²) < 4.78 is 0. The Morgan fingerprint density at radius 2 is 0.578 bits per heavy atom. The van der Waals surface area contributed by atoms with Crippen molar-refractivity contribution >= 4 is 87.8 Å². The Balaban J connectivity index is 1.70. The second kappa shape index (κ2) is 36.6. The summed E-state index contributed by atoms with van der Waals surface area (Å²) in [4.78, 5) is 147. The van der Waals surface area contributed by atoms with Crippen LogP contribution in [0.5, 0.6) is 0 Å². The minimum absolute atomic E-state index is 0.00618. The molecule has 1 fully saturated rings. The van der Waals surface area contributed by atoms with Crippen LogP contribution in [0.25, 0.3) is 10.8 Å². The first-order chi connectivity index (χ1) is 43.0. The zero-order chi connectivity index (χ0) is 65.5. The van der Waals surface area contributed by atoms with E-state index in [4.69, 9.17) is 51.6 Å². The van der Waals surface area contributed by atoms with Crippen molar-refractivity contribution in [1.29, 1.82) is 0 Å². The lowest BCUT2D eigenvalue weighted by atomic mass is 9.99. The molecule has 0 spiro atoms. The predicted molar refractivity (Wildman–Crippen MR) is 341 cm³/mol. The quantitative estimate of drug-likeness (QED) is 0.0172. The van der Waals surface area contributed by atoms with Crippen molar-refractivity contribution in [1.82, 2.24) is 42.5 Å². The Hall–Kier alpha value is -10.6. The van der Waals surface area contributed by atoms with Crippen LogP contribution >= 0.6 is 0 Å². The highest BCUT2D eigenvalue weighted by Gasteiger charge is 2.36. The number of hydrogen-bond donors (Lipinski definition) is 17. The number of nitrogens with two attached hydrogens (primary N) is 9. The number of nitrogens with zero attached hydrogens (tertiary/aromatic N) is 4. The van der Waals surface area contributed by atoms with Gasteiger partial charge >= 0.3 is 0 Å². The van der Waals surface area contributed by atoms with Crippen LogP contribution in [0.15, 0.2) is 123 Å². The molecule has 4 aromatic carbocycles. The summed E-state index contributed by atoms with van der Waals surface area (Å²) in [6, 6.07) is 18.3. The van der Waals surface area contributed by atoms with E-state index in [0.717, 1.165) is 10.8 Å². The molecule has 0 saturated carbocycles. The minimum Gasteiger partial charge on any atom is -0.370 e. The molecule has 1 heterocycles. The summed E-state index contributed by atoms with van der Waals surface area (Å²) in [5.74, 6) is -8.99. The van der Waals surface area contributed by atoms with E-state index < -0.39 is 114 Å². The molecule has 1 aliphatic rings. The number of carbonyl (C=O) groups excluding carboxylic acids is 9. The van der Waals surface area contributed by atoms with E-state index in [9.17, 15) is 28.8 Å². The van der Waals surface area contributed by atoms with Crippen molar-refractivity contribution < 1.29 is 43.2 Å². The predicted octanol–water partition coefficient (Wildman–Crippen LogP) is -3.76. The Morgan fingerprint density at radius 1 is 0.311 bits per heavy atom. The molecule has 4 aromatic rings. The first kappa shape index (κ1) is 70.2. The van der Waals surface area contributed by atoms with Crippen molar-refractivity contribution in [2.24, 2.45) is 71.6 Å². The highest BCUT2D eigenvalue weighted by atomic mass is 16.2. The van der Waals surface area contributed by atoms with E-state index in [-0.39, 0.29) is 121 Å². The van der Waals surface area contributed by atoms with Gasteiger partial charge in [-0.1, -0.05) is 103 Å². The third-order valence-electron chi connectivity index (χ3n) is 14.3. The Morgan fingerprint density at radius 3 is 0.889 bits per heavy atom. The van der Waals surface area contributed by atoms with Crippen LogP contribution in [-0.4, -0.2) is 152 Å². The molecule has 0 aliphatic carbocycles. The highest BCUT2D eigenvalue weighted by Crippen LogP contribution is 2.18. The number of guanidine groups is 4. The Bertz CT molecular complexity index is 3200. The summed E-state index contributed by atoms with van der Waals surface area (Å²) >= 11 is 0. The van der Waals surface area contributed by atoms with Crippen LogP contribution in [0.4, 0.5) is 0 Å². The van der Waals surface area contributed by atoms with E-state index in [2.05, 4.69) is 62.5 Å². The van der Waals surface area contributed by atoms with Crippen molar-refractivity contribution in [2.45, 2.75) is 132 Å². The number of amides is 9. The molecule has 30 nitrogen and oxygen atoms in total. The largest absolute Gasteiger partial charge is 0.370 e. The van der Waals surface area contributed by atoms with E-state index in [1.807, 2.05) is 36.4 Å². The fourth-order valence-electron chi connectivity index (χ4n) is 9.75. The van der Waals surface area contributed by atoms with Gasteiger partial charge in [0.25, 0.3) is 0 Å². The van der Waals surface area contributed by atoms with Crippen molar-refractivity contribution in [3.05, 3.63) is 120 Å².